The van der Waals surface area contributed by atoms with Crippen LogP contribution in [0.4, 0.5) is 0 Å². The molecule has 0 radical (unpaired) electrons. The fourth-order valence-corrected chi connectivity index (χ4v) is 2.95. The largest absolute Gasteiger partial charge is 0.293 e. The van der Waals surface area contributed by atoms with E-state index in [0.717, 1.165) is 24.0 Å². The molecule has 0 fully saturated rings. The quantitative estimate of drug-likeness (QED) is 0.745. The molecule has 1 aliphatic carbocycles. The number of ketones is 1. The van der Waals surface area contributed by atoms with Gasteiger partial charge in [-0.25, -0.2) is 0 Å². The van der Waals surface area contributed by atoms with Gasteiger partial charge >= 0.3 is 0 Å². The highest BCUT2D eigenvalue weighted by atomic mass is 16.1. The molecule has 1 atom stereocenters. The Labute approximate surface area is 114 Å². The first-order valence-corrected chi connectivity index (χ1v) is 6.81. The van der Waals surface area contributed by atoms with E-state index in [1.165, 1.54) is 11.1 Å². The van der Waals surface area contributed by atoms with Gasteiger partial charge in [0.15, 0.2) is 5.78 Å². The lowest BCUT2D eigenvalue weighted by Crippen LogP contribution is -2.37. The Morgan fingerprint density at radius 2 is 1.68 bits per heavy atom. The van der Waals surface area contributed by atoms with Gasteiger partial charge in [0.1, 0.15) is 0 Å². The maximum Gasteiger partial charge on any atom is 0.173 e. The first kappa shape index (κ1) is 12.2. The molecule has 0 amide bonds. The van der Waals surface area contributed by atoms with Gasteiger partial charge in [0.25, 0.3) is 0 Å². The van der Waals surface area contributed by atoms with Crippen LogP contribution >= 0.6 is 0 Å². The Balaban J connectivity index is 2.07. The van der Waals surface area contributed by atoms with Gasteiger partial charge in [0.2, 0.25) is 0 Å². The average molecular weight is 250 g/mol. The fourth-order valence-electron chi connectivity index (χ4n) is 2.95. The predicted octanol–water partition coefficient (Wildman–Crippen LogP) is 4.08. The molecule has 0 spiro atoms. The number of fused-ring (bicyclic) bond motifs is 1. The third-order valence-corrected chi connectivity index (χ3v) is 4.35. The maximum atomic E-state index is 12.8. The van der Waals surface area contributed by atoms with E-state index in [0.29, 0.717) is 0 Å². The number of Topliss-reactive ketones (excluding diaryl/α,β-unsaturated/α-hetero) is 1. The third-order valence-electron chi connectivity index (χ3n) is 4.35. The van der Waals surface area contributed by atoms with Gasteiger partial charge in [-0.1, -0.05) is 54.1 Å². The van der Waals surface area contributed by atoms with E-state index in [1.807, 2.05) is 18.2 Å². The zero-order valence-corrected chi connectivity index (χ0v) is 11.4. The molecule has 0 aromatic heterocycles. The Morgan fingerprint density at radius 3 is 2.42 bits per heavy atom. The lowest BCUT2D eigenvalue weighted by Gasteiger charge is -2.33. The molecule has 2 aromatic rings. The molecule has 1 aliphatic rings. The van der Waals surface area contributed by atoms with E-state index in [1.54, 1.807) is 0 Å². The summed E-state index contributed by atoms with van der Waals surface area (Å²) in [5, 5.41) is 0. The van der Waals surface area contributed by atoms with Crippen molar-refractivity contribution in [1.82, 2.24) is 0 Å². The van der Waals surface area contributed by atoms with Crippen LogP contribution < -0.4 is 0 Å². The lowest BCUT2D eigenvalue weighted by atomic mass is 9.68. The molecule has 1 nitrogen and oxygen atoms in total. The van der Waals surface area contributed by atoms with E-state index in [4.69, 9.17) is 0 Å². The first-order valence-electron chi connectivity index (χ1n) is 6.81. The number of hydrogen-bond donors (Lipinski definition) is 0. The average Bonchev–Trinajstić information content (AvgIpc) is 2.44. The van der Waals surface area contributed by atoms with Crippen LogP contribution in [0.1, 0.15) is 40.4 Å². The molecule has 3 rings (SSSR count). The van der Waals surface area contributed by atoms with Gasteiger partial charge in [-0.15, -0.1) is 0 Å². The second kappa shape index (κ2) is 4.34. The smallest absolute Gasteiger partial charge is 0.173 e. The van der Waals surface area contributed by atoms with Crippen molar-refractivity contribution in [2.45, 2.75) is 32.1 Å². The lowest BCUT2D eigenvalue weighted by molar-refractivity contribution is 0.0875. The summed E-state index contributed by atoms with van der Waals surface area (Å²) in [6.45, 7) is 4.15. The van der Waals surface area contributed by atoms with Crippen molar-refractivity contribution in [2.75, 3.05) is 0 Å². The van der Waals surface area contributed by atoms with Gasteiger partial charge in [0.05, 0.1) is 5.41 Å². The van der Waals surface area contributed by atoms with Crippen molar-refractivity contribution < 1.29 is 4.79 Å². The van der Waals surface area contributed by atoms with Crippen molar-refractivity contribution in [3.05, 3.63) is 70.8 Å². The number of rotatable bonds is 1. The van der Waals surface area contributed by atoms with Crippen molar-refractivity contribution in [2.24, 2.45) is 0 Å². The van der Waals surface area contributed by atoms with Gasteiger partial charge < -0.3 is 0 Å². The third kappa shape index (κ3) is 1.90. The summed E-state index contributed by atoms with van der Waals surface area (Å²) in [6.07, 6.45) is 1.87. The minimum atomic E-state index is -0.373. The van der Waals surface area contributed by atoms with Crippen molar-refractivity contribution >= 4 is 5.78 Å². The van der Waals surface area contributed by atoms with Crippen LogP contribution in [0.15, 0.2) is 48.5 Å². The highest BCUT2D eigenvalue weighted by Crippen LogP contribution is 2.38. The molecule has 19 heavy (non-hydrogen) atoms. The minimum absolute atomic E-state index is 0.262. The second-order valence-electron chi connectivity index (χ2n) is 5.68. The number of carbonyl (C=O) groups excluding carboxylic acids is 1. The van der Waals surface area contributed by atoms with E-state index in [2.05, 4.69) is 44.2 Å². The van der Waals surface area contributed by atoms with Crippen LogP contribution in [0.2, 0.25) is 0 Å². The summed E-state index contributed by atoms with van der Waals surface area (Å²) >= 11 is 0. The topological polar surface area (TPSA) is 17.1 Å². The highest BCUT2D eigenvalue weighted by molar-refractivity contribution is 6.05. The Bertz CT molecular complexity index is 624. The summed E-state index contributed by atoms with van der Waals surface area (Å²) in [7, 11) is 0. The predicted molar refractivity (Wildman–Crippen MR) is 77.6 cm³/mol. The zero-order chi connectivity index (χ0) is 13.5. The molecular weight excluding hydrogens is 232 g/mol. The van der Waals surface area contributed by atoms with Gasteiger partial charge in [-0.3, -0.25) is 4.79 Å². The van der Waals surface area contributed by atoms with Crippen molar-refractivity contribution in [3.8, 4) is 0 Å². The number of carbonyl (C=O) groups is 1. The number of hydrogen-bond acceptors (Lipinski definition) is 1. The highest BCUT2D eigenvalue weighted by Gasteiger charge is 2.39. The van der Waals surface area contributed by atoms with Crippen LogP contribution in [-0.4, -0.2) is 5.78 Å². The molecule has 0 N–H and O–H groups in total. The summed E-state index contributed by atoms with van der Waals surface area (Å²) in [6, 6.07) is 16.4. The van der Waals surface area contributed by atoms with Crippen LogP contribution in [0.25, 0.3) is 0 Å². The molecule has 0 bridgehead atoms. The second-order valence-corrected chi connectivity index (χ2v) is 5.68. The van der Waals surface area contributed by atoms with Crippen molar-refractivity contribution in [1.29, 1.82) is 0 Å². The molecule has 96 valence electrons. The van der Waals surface area contributed by atoms with Crippen LogP contribution in [0.3, 0.4) is 0 Å². The SMILES string of the molecule is Cc1ccc([C@]2(C)CCc3ccccc3C2=O)cc1. The Kier molecular flexibility index (Phi) is 2.78. The van der Waals surface area contributed by atoms with Crippen LogP contribution in [-0.2, 0) is 11.8 Å². The van der Waals surface area contributed by atoms with Gasteiger partial charge in [-0.2, -0.15) is 0 Å². The fraction of sp³-hybridized carbons (Fsp3) is 0.278. The van der Waals surface area contributed by atoms with Crippen molar-refractivity contribution in [3.63, 3.8) is 0 Å². The number of aryl methyl sites for hydroxylation is 2. The molecule has 0 heterocycles. The summed E-state index contributed by atoms with van der Waals surface area (Å²) in [5.41, 5.74) is 4.09. The summed E-state index contributed by atoms with van der Waals surface area (Å²) < 4.78 is 0. The molecule has 0 saturated heterocycles. The van der Waals surface area contributed by atoms with Crippen LogP contribution in [0, 0.1) is 6.92 Å². The molecule has 0 saturated carbocycles. The first-order chi connectivity index (χ1) is 9.11. The monoisotopic (exact) mass is 250 g/mol. The maximum absolute atomic E-state index is 12.8. The molecular formula is C18H18O. The Hall–Kier alpha value is -1.89. The van der Waals surface area contributed by atoms with Gasteiger partial charge in [0, 0.05) is 5.56 Å². The molecule has 0 unspecified atom stereocenters. The van der Waals surface area contributed by atoms with Gasteiger partial charge in [-0.05, 0) is 37.8 Å². The molecule has 2 aromatic carbocycles. The summed E-state index contributed by atoms with van der Waals surface area (Å²) in [4.78, 5) is 12.8. The zero-order valence-electron chi connectivity index (χ0n) is 11.4. The minimum Gasteiger partial charge on any atom is -0.293 e. The normalized spacial score (nSPS) is 22.1. The van der Waals surface area contributed by atoms with E-state index < -0.39 is 0 Å². The van der Waals surface area contributed by atoms with E-state index in [-0.39, 0.29) is 11.2 Å². The standard InChI is InChI=1S/C18H18O/c1-13-7-9-15(10-8-13)18(2)12-11-14-5-3-4-6-16(14)17(18)19/h3-10H,11-12H2,1-2H3/t18-/m0/s1. The van der Waals surface area contributed by atoms with Crippen LogP contribution in [0.5, 0.6) is 0 Å². The number of benzene rings is 2. The van der Waals surface area contributed by atoms with E-state index in [9.17, 15) is 4.79 Å². The molecule has 1 heteroatoms. The van der Waals surface area contributed by atoms with E-state index >= 15 is 0 Å². The molecule has 0 aliphatic heterocycles. The Morgan fingerprint density at radius 1 is 1.00 bits per heavy atom. The summed E-state index contributed by atoms with van der Waals surface area (Å²) in [5.74, 6) is 0.262.